The number of nitrogens with zero attached hydrogens (tertiary/aromatic N) is 1. The molecule has 0 unspecified atom stereocenters. The molecule has 154 valence electrons. The molecule has 0 bridgehead atoms. The lowest BCUT2D eigenvalue weighted by molar-refractivity contribution is -0.143. The Morgan fingerprint density at radius 1 is 0.935 bits per heavy atom. The summed E-state index contributed by atoms with van der Waals surface area (Å²) in [6.07, 6.45) is 0. The highest BCUT2D eigenvalue weighted by Crippen LogP contribution is 2.26. The molecule has 4 rings (SSSR count). The molecule has 3 aromatic carbocycles. The zero-order chi connectivity index (χ0) is 21.8. The van der Waals surface area contributed by atoms with Crippen LogP contribution in [0.3, 0.4) is 0 Å². The topological polar surface area (TPSA) is 68.3 Å². The third-order valence-corrected chi connectivity index (χ3v) is 5.20. The molecule has 1 heterocycles. The summed E-state index contributed by atoms with van der Waals surface area (Å²) in [5.41, 5.74) is 3.19. The van der Waals surface area contributed by atoms with Crippen LogP contribution in [0.5, 0.6) is 0 Å². The van der Waals surface area contributed by atoms with E-state index in [2.05, 4.69) is 5.32 Å². The van der Waals surface area contributed by atoms with E-state index >= 15 is 0 Å². The van der Waals surface area contributed by atoms with Crippen molar-refractivity contribution in [2.24, 2.45) is 0 Å². The van der Waals surface area contributed by atoms with Crippen molar-refractivity contribution in [2.45, 2.75) is 6.04 Å². The molecule has 6 heteroatoms. The van der Waals surface area contributed by atoms with Gasteiger partial charge in [0.2, 0.25) is 0 Å². The number of ether oxygens (including phenoxy) is 1. The number of methoxy groups -OCH3 is 1. The Labute approximate surface area is 184 Å². The first-order valence-electron chi connectivity index (χ1n) is 9.66. The van der Waals surface area contributed by atoms with Gasteiger partial charge in [-0.3, -0.25) is 4.79 Å². The Hall–Kier alpha value is -3.70. The number of carbonyl (C=O) groups excluding carboxylic acids is 2. The lowest BCUT2D eigenvalue weighted by Crippen LogP contribution is -2.34. The standard InChI is InChI=1S/C25H19ClN2O3/c1-31-25(30)23(17-7-3-2-4-8-17)28-24(29)20-15-22(16-11-13-18(26)14-12-16)27-21-10-6-5-9-19(20)21/h2-15,23H,1H3,(H,28,29)/t23-/m1/s1. The SMILES string of the molecule is COC(=O)[C@H](NC(=O)c1cc(-c2ccc(Cl)cc2)nc2ccccc12)c1ccccc1. The maximum atomic E-state index is 13.3. The van der Waals surface area contributed by atoms with E-state index in [0.717, 1.165) is 5.56 Å². The minimum absolute atomic E-state index is 0.395. The molecule has 0 aliphatic rings. The quantitative estimate of drug-likeness (QED) is 0.442. The second-order valence-corrected chi connectivity index (χ2v) is 7.36. The minimum Gasteiger partial charge on any atom is -0.467 e. The predicted octanol–water partition coefficient (Wildman–Crippen LogP) is 5.20. The van der Waals surface area contributed by atoms with Crippen molar-refractivity contribution in [3.8, 4) is 11.3 Å². The van der Waals surface area contributed by atoms with Gasteiger partial charge in [-0.1, -0.05) is 72.3 Å². The van der Waals surface area contributed by atoms with Gasteiger partial charge in [-0.2, -0.15) is 0 Å². The van der Waals surface area contributed by atoms with Crippen LogP contribution in [0.4, 0.5) is 0 Å². The molecular formula is C25H19ClN2O3. The highest BCUT2D eigenvalue weighted by molar-refractivity contribution is 6.30. The first-order valence-corrected chi connectivity index (χ1v) is 10.0. The number of hydrogen-bond acceptors (Lipinski definition) is 4. The number of hydrogen-bond donors (Lipinski definition) is 1. The normalized spacial score (nSPS) is 11.7. The summed E-state index contributed by atoms with van der Waals surface area (Å²) in [7, 11) is 1.30. The molecular weight excluding hydrogens is 412 g/mol. The molecule has 0 aliphatic carbocycles. The Morgan fingerprint density at radius 2 is 1.61 bits per heavy atom. The highest BCUT2D eigenvalue weighted by atomic mass is 35.5. The summed E-state index contributed by atoms with van der Waals surface area (Å²) in [5, 5.41) is 4.12. The van der Waals surface area contributed by atoms with E-state index < -0.39 is 17.9 Å². The largest absolute Gasteiger partial charge is 0.467 e. The van der Waals surface area contributed by atoms with Crippen molar-refractivity contribution in [3.63, 3.8) is 0 Å². The number of carbonyl (C=O) groups is 2. The molecule has 0 radical (unpaired) electrons. The summed E-state index contributed by atoms with van der Waals surface area (Å²) in [6.45, 7) is 0. The average molecular weight is 431 g/mol. The Bertz CT molecular complexity index is 1240. The second-order valence-electron chi connectivity index (χ2n) is 6.92. The van der Waals surface area contributed by atoms with Crippen LogP contribution in [0.2, 0.25) is 5.02 Å². The number of benzene rings is 3. The zero-order valence-corrected chi connectivity index (χ0v) is 17.5. The van der Waals surface area contributed by atoms with E-state index in [0.29, 0.717) is 32.7 Å². The molecule has 1 N–H and O–H groups in total. The molecule has 1 amide bonds. The van der Waals surface area contributed by atoms with Gasteiger partial charge in [0.1, 0.15) is 0 Å². The van der Waals surface area contributed by atoms with Crippen molar-refractivity contribution >= 4 is 34.4 Å². The third kappa shape index (κ3) is 4.42. The lowest BCUT2D eigenvalue weighted by Gasteiger charge is -2.18. The van der Waals surface area contributed by atoms with Crippen molar-refractivity contribution in [1.82, 2.24) is 10.3 Å². The minimum atomic E-state index is -0.926. The fraction of sp³-hybridized carbons (Fsp3) is 0.0800. The van der Waals surface area contributed by atoms with E-state index in [4.69, 9.17) is 21.3 Å². The molecule has 5 nitrogen and oxygen atoms in total. The number of amides is 1. The molecule has 0 saturated carbocycles. The van der Waals surface area contributed by atoms with Crippen LogP contribution in [-0.2, 0) is 9.53 Å². The monoisotopic (exact) mass is 430 g/mol. The second kappa shape index (κ2) is 8.98. The van der Waals surface area contributed by atoms with E-state index in [1.807, 2.05) is 42.5 Å². The smallest absolute Gasteiger partial charge is 0.333 e. The highest BCUT2D eigenvalue weighted by Gasteiger charge is 2.25. The van der Waals surface area contributed by atoms with E-state index in [-0.39, 0.29) is 0 Å². The van der Waals surface area contributed by atoms with Gasteiger partial charge in [-0.05, 0) is 29.8 Å². The molecule has 0 saturated heterocycles. The number of rotatable bonds is 5. The molecule has 1 atom stereocenters. The Kier molecular flexibility index (Phi) is 5.96. The van der Waals surface area contributed by atoms with Crippen LogP contribution in [0, 0.1) is 0 Å². The number of fused-ring (bicyclic) bond motifs is 1. The summed E-state index contributed by atoms with van der Waals surface area (Å²) in [5.74, 6) is -0.941. The Balaban J connectivity index is 1.77. The van der Waals surface area contributed by atoms with Gasteiger partial charge in [0.25, 0.3) is 5.91 Å². The van der Waals surface area contributed by atoms with Gasteiger partial charge >= 0.3 is 5.97 Å². The van der Waals surface area contributed by atoms with Gasteiger partial charge in [0, 0.05) is 16.0 Å². The van der Waals surface area contributed by atoms with Crippen LogP contribution in [0.1, 0.15) is 22.0 Å². The first-order chi connectivity index (χ1) is 15.1. The molecule has 31 heavy (non-hydrogen) atoms. The summed E-state index contributed by atoms with van der Waals surface area (Å²) >= 11 is 6.01. The van der Waals surface area contributed by atoms with Crippen LogP contribution >= 0.6 is 11.6 Å². The first kappa shape index (κ1) is 20.6. The predicted molar refractivity (Wildman–Crippen MR) is 121 cm³/mol. The molecule has 0 fully saturated rings. The van der Waals surface area contributed by atoms with Gasteiger partial charge in [0.15, 0.2) is 6.04 Å². The third-order valence-electron chi connectivity index (χ3n) is 4.95. The maximum absolute atomic E-state index is 13.3. The molecule has 0 spiro atoms. The van der Waals surface area contributed by atoms with E-state index in [9.17, 15) is 9.59 Å². The number of halogens is 1. The number of para-hydroxylation sites is 1. The number of pyridine rings is 1. The zero-order valence-electron chi connectivity index (χ0n) is 16.7. The van der Waals surface area contributed by atoms with Crippen LogP contribution in [0.15, 0.2) is 84.9 Å². The fourth-order valence-electron chi connectivity index (χ4n) is 3.38. The van der Waals surface area contributed by atoms with Crippen LogP contribution in [-0.4, -0.2) is 24.0 Å². The number of esters is 1. The van der Waals surface area contributed by atoms with Crippen molar-refractivity contribution in [3.05, 3.63) is 101 Å². The summed E-state index contributed by atoms with van der Waals surface area (Å²) in [6, 6.07) is 24.4. The lowest BCUT2D eigenvalue weighted by atomic mass is 10.0. The Morgan fingerprint density at radius 3 is 2.32 bits per heavy atom. The molecule has 0 aliphatic heterocycles. The van der Waals surface area contributed by atoms with Crippen molar-refractivity contribution < 1.29 is 14.3 Å². The summed E-state index contributed by atoms with van der Waals surface area (Å²) in [4.78, 5) is 30.4. The van der Waals surface area contributed by atoms with Gasteiger partial charge in [0.05, 0.1) is 23.9 Å². The van der Waals surface area contributed by atoms with E-state index in [1.54, 1.807) is 42.5 Å². The van der Waals surface area contributed by atoms with Crippen LogP contribution < -0.4 is 5.32 Å². The van der Waals surface area contributed by atoms with E-state index in [1.165, 1.54) is 7.11 Å². The number of aromatic nitrogens is 1. The fourth-order valence-corrected chi connectivity index (χ4v) is 3.51. The summed E-state index contributed by atoms with van der Waals surface area (Å²) < 4.78 is 4.92. The van der Waals surface area contributed by atoms with Gasteiger partial charge in [-0.25, -0.2) is 9.78 Å². The van der Waals surface area contributed by atoms with Gasteiger partial charge < -0.3 is 10.1 Å². The molecule has 4 aromatic rings. The average Bonchev–Trinajstić information content (AvgIpc) is 2.82. The maximum Gasteiger partial charge on any atom is 0.333 e. The van der Waals surface area contributed by atoms with Crippen molar-refractivity contribution in [2.75, 3.05) is 7.11 Å². The van der Waals surface area contributed by atoms with Gasteiger partial charge in [-0.15, -0.1) is 0 Å². The molecule has 1 aromatic heterocycles. The van der Waals surface area contributed by atoms with Crippen LogP contribution in [0.25, 0.3) is 22.2 Å². The number of nitrogens with one attached hydrogen (secondary N) is 1. The van der Waals surface area contributed by atoms with Crippen molar-refractivity contribution in [1.29, 1.82) is 0 Å².